The molecule has 1 aromatic heterocycles. The first-order valence-corrected chi connectivity index (χ1v) is 7.43. The minimum Gasteiger partial charge on any atom is -0.385 e. The Balaban J connectivity index is 2.13. The number of rotatable bonds is 1. The third kappa shape index (κ3) is 1.97. The summed E-state index contributed by atoms with van der Waals surface area (Å²) < 4.78 is 0. The number of aryl methyl sites for hydroxylation is 2. The quantitative estimate of drug-likeness (QED) is 0.837. The second kappa shape index (κ2) is 4.61. The van der Waals surface area contributed by atoms with Gasteiger partial charge in [0.05, 0.1) is 5.60 Å². The molecule has 3 nitrogen and oxygen atoms in total. The Bertz CT molecular complexity index is 646. The van der Waals surface area contributed by atoms with Gasteiger partial charge in [0.25, 0.3) is 0 Å². The Kier molecular flexibility index (Phi) is 3.14. The standard InChI is InChI=1S/C17H24N2O/c1-11-5-6-12(2)16-15(11)14(10-18-16)17(20)7-8-19(4)13(3)9-17/h5-6,10,13,18,20H,7-9H2,1-4H3. The molecule has 1 saturated heterocycles. The monoisotopic (exact) mass is 272 g/mol. The molecule has 0 spiro atoms. The summed E-state index contributed by atoms with van der Waals surface area (Å²) in [5.41, 5.74) is 4.01. The van der Waals surface area contributed by atoms with Crippen molar-refractivity contribution in [1.29, 1.82) is 0 Å². The fourth-order valence-electron chi connectivity index (χ4n) is 3.50. The van der Waals surface area contributed by atoms with Crippen LogP contribution in [0.5, 0.6) is 0 Å². The minimum atomic E-state index is -0.706. The molecule has 1 aliphatic rings. The van der Waals surface area contributed by atoms with Crippen molar-refractivity contribution in [3.8, 4) is 0 Å². The van der Waals surface area contributed by atoms with E-state index in [9.17, 15) is 5.11 Å². The van der Waals surface area contributed by atoms with Gasteiger partial charge in [-0.3, -0.25) is 0 Å². The molecule has 0 bridgehead atoms. The second-order valence-electron chi connectivity index (χ2n) is 6.47. The lowest BCUT2D eigenvalue weighted by Crippen LogP contribution is -2.45. The predicted molar refractivity (Wildman–Crippen MR) is 83.0 cm³/mol. The minimum absolute atomic E-state index is 0.406. The molecule has 1 aromatic carbocycles. The molecule has 3 heteroatoms. The van der Waals surface area contributed by atoms with Crippen LogP contribution in [-0.4, -0.2) is 34.6 Å². The van der Waals surface area contributed by atoms with Gasteiger partial charge in [-0.2, -0.15) is 0 Å². The third-order valence-corrected chi connectivity index (χ3v) is 5.02. The van der Waals surface area contributed by atoms with Gasteiger partial charge >= 0.3 is 0 Å². The number of piperidine rings is 1. The van der Waals surface area contributed by atoms with E-state index < -0.39 is 5.60 Å². The number of H-pyrrole nitrogens is 1. The van der Waals surface area contributed by atoms with Gasteiger partial charge in [0.2, 0.25) is 0 Å². The average molecular weight is 272 g/mol. The molecule has 2 unspecified atom stereocenters. The van der Waals surface area contributed by atoms with Crippen LogP contribution in [-0.2, 0) is 5.60 Å². The zero-order chi connectivity index (χ0) is 14.5. The molecule has 2 heterocycles. The van der Waals surface area contributed by atoms with Gasteiger partial charge in [-0.15, -0.1) is 0 Å². The van der Waals surface area contributed by atoms with Gasteiger partial charge < -0.3 is 15.0 Å². The molecule has 3 rings (SSSR count). The molecule has 1 fully saturated rings. The number of hydrogen-bond donors (Lipinski definition) is 2. The van der Waals surface area contributed by atoms with Crippen molar-refractivity contribution >= 4 is 10.9 Å². The Morgan fingerprint density at radius 2 is 2.00 bits per heavy atom. The van der Waals surface area contributed by atoms with E-state index in [-0.39, 0.29) is 0 Å². The molecular formula is C17H24N2O. The number of fused-ring (bicyclic) bond motifs is 1. The molecule has 2 N–H and O–H groups in total. The normalized spacial score (nSPS) is 28.1. The summed E-state index contributed by atoms with van der Waals surface area (Å²) in [5, 5.41) is 12.4. The van der Waals surface area contributed by atoms with Gasteiger partial charge in [-0.1, -0.05) is 12.1 Å². The first-order valence-electron chi connectivity index (χ1n) is 7.43. The van der Waals surface area contributed by atoms with E-state index in [1.807, 2.05) is 6.20 Å². The zero-order valence-corrected chi connectivity index (χ0v) is 12.8. The van der Waals surface area contributed by atoms with Crippen LogP contribution >= 0.6 is 0 Å². The van der Waals surface area contributed by atoms with Gasteiger partial charge in [0, 0.05) is 35.2 Å². The highest BCUT2D eigenvalue weighted by Gasteiger charge is 2.38. The number of likely N-dealkylation sites (tertiary alicyclic amines) is 1. The summed E-state index contributed by atoms with van der Waals surface area (Å²) in [5.74, 6) is 0. The SMILES string of the molecule is Cc1ccc(C)c2c(C3(O)CCN(C)C(C)C3)c[nH]c12. The van der Waals surface area contributed by atoms with Gasteiger partial charge in [-0.25, -0.2) is 0 Å². The first kappa shape index (κ1) is 13.7. The molecular weight excluding hydrogens is 248 g/mol. The molecule has 20 heavy (non-hydrogen) atoms. The largest absolute Gasteiger partial charge is 0.385 e. The second-order valence-corrected chi connectivity index (χ2v) is 6.47. The summed E-state index contributed by atoms with van der Waals surface area (Å²) >= 11 is 0. The van der Waals surface area contributed by atoms with E-state index in [2.05, 4.69) is 49.8 Å². The highest BCUT2D eigenvalue weighted by molar-refractivity contribution is 5.89. The number of nitrogens with one attached hydrogen (secondary N) is 1. The fraction of sp³-hybridized carbons (Fsp3) is 0.529. The summed E-state index contributed by atoms with van der Waals surface area (Å²) in [7, 11) is 2.13. The summed E-state index contributed by atoms with van der Waals surface area (Å²) in [6, 6.07) is 4.69. The van der Waals surface area contributed by atoms with Crippen molar-refractivity contribution in [3.05, 3.63) is 35.0 Å². The van der Waals surface area contributed by atoms with Crippen LogP contribution in [0.15, 0.2) is 18.3 Å². The van der Waals surface area contributed by atoms with Crippen LogP contribution in [0.2, 0.25) is 0 Å². The van der Waals surface area contributed by atoms with E-state index in [1.165, 1.54) is 22.0 Å². The summed E-state index contributed by atoms with van der Waals surface area (Å²) in [4.78, 5) is 5.69. The predicted octanol–water partition coefficient (Wildman–Crippen LogP) is 3.09. The lowest BCUT2D eigenvalue weighted by Gasteiger charge is -2.41. The van der Waals surface area contributed by atoms with Crippen molar-refractivity contribution < 1.29 is 5.11 Å². The van der Waals surface area contributed by atoms with E-state index in [4.69, 9.17) is 0 Å². The third-order valence-electron chi connectivity index (χ3n) is 5.02. The lowest BCUT2D eigenvalue weighted by atomic mass is 9.80. The topological polar surface area (TPSA) is 39.3 Å². The molecule has 0 aliphatic carbocycles. The Labute approximate surface area is 120 Å². The number of benzene rings is 1. The van der Waals surface area contributed by atoms with Crippen LogP contribution < -0.4 is 0 Å². The Morgan fingerprint density at radius 1 is 1.30 bits per heavy atom. The molecule has 2 aromatic rings. The van der Waals surface area contributed by atoms with Crippen molar-refractivity contribution in [3.63, 3.8) is 0 Å². The highest BCUT2D eigenvalue weighted by Crippen LogP contribution is 2.40. The first-order chi connectivity index (χ1) is 9.42. The molecule has 2 atom stereocenters. The van der Waals surface area contributed by atoms with Crippen LogP contribution in [0.1, 0.15) is 36.5 Å². The van der Waals surface area contributed by atoms with Crippen molar-refractivity contribution in [2.75, 3.05) is 13.6 Å². The Hall–Kier alpha value is -1.32. The lowest BCUT2D eigenvalue weighted by molar-refractivity contribution is -0.0397. The van der Waals surface area contributed by atoms with E-state index in [1.54, 1.807) is 0 Å². The van der Waals surface area contributed by atoms with Crippen LogP contribution in [0, 0.1) is 13.8 Å². The van der Waals surface area contributed by atoms with Crippen molar-refractivity contribution in [1.82, 2.24) is 9.88 Å². The fourth-order valence-corrected chi connectivity index (χ4v) is 3.50. The molecule has 0 amide bonds. The maximum Gasteiger partial charge on any atom is 0.0944 e. The van der Waals surface area contributed by atoms with Gasteiger partial charge in [0.15, 0.2) is 0 Å². The number of aliphatic hydroxyl groups is 1. The van der Waals surface area contributed by atoms with E-state index in [0.717, 1.165) is 24.9 Å². The summed E-state index contributed by atoms with van der Waals surface area (Å²) in [6.07, 6.45) is 3.61. The van der Waals surface area contributed by atoms with Gasteiger partial charge in [-0.05, 0) is 51.8 Å². The maximum atomic E-state index is 11.2. The number of hydrogen-bond acceptors (Lipinski definition) is 2. The molecule has 0 radical (unpaired) electrons. The van der Waals surface area contributed by atoms with Crippen LogP contribution in [0.25, 0.3) is 10.9 Å². The number of nitrogens with zero attached hydrogens (tertiary/aromatic N) is 1. The van der Waals surface area contributed by atoms with Gasteiger partial charge in [0.1, 0.15) is 0 Å². The van der Waals surface area contributed by atoms with E-state index in [0.29, 0.717) is 6.04 Å². The van der Waals surface area contributed by atoms with E-state index >= 15 is 0 Å². The maximum absolute atomic E-state index is 11.2. The number of aromatic amines is 1. The highest BCUT2D eigenvalue weighted by atomic mass is 16.3. The van der Waals surface area contributed by atoms with Crippen molar-refractivity contribution in [2.24, 2.45) is 0 Å². The molecule has 1 aliphatic heterocycles. The zero-order valence-electron chi connectivity index (χ0n) is 12.8. The summed E-state index contributed by atoms with van der Waals surface area (Å²) in [6.45, 7) is 7.37. The average Bonchev–Trinajstić information content (AvgIpc) is 2.86. The molecule has 108 valence electrons. The Morgan fingerprint density at radius 3 is 2.70 bits per heavy atom. The van der Waals surface area contributed by atoms with Crippen LogP contribution in [0.4, 0.5) is 0 Å². The smallest absolute Gasteiger partial charge is 0.0944 e. The van der Waals surface area contributed by atoms with Crippen molar-refractivity contribution in [2.45, 2.75) is 45.3 Å². The molecule has 0 saturated carbocycles. The van der Waals surface area contributed by atoms with Crippen LogP contribution in [0.3, 0.4) is 0 Å². The number of aromatic nitrogens is 1.